The number of rotatable bonds is 4. The number of fused-ring (bicyclic) bond motifs is 1. The molecule has 0 radical (unpaired) electrons. The number of methoxy groups -OCH3 is 1. The van der Waals surface area contributed by atoms with Crippen LogP contribution >= 0.6 is 0 Å². The third kappa shape index (κ3) is 3.09. The highest BCUT2D eigenvalue weighted by Gasteiger charge is 2.07. The zero-order chi connectivity index (χ0) is 15.4. The molecule has 0 aliphatic carbocycles. The second kappa shape index (κ2) is 6.31. The van der Waals surface area contributed by atoms with Crippen molar-refractivity contribution < 1.29 is 14.3 Å². The molecule has 0 amide bonds. The standard InChI is InChI=1S/C19H16O3/c1-21-18-10-8-16(9-11-18)19(20)22-13-14-6-7-15-4-2-3-5-17(15)12-14/h2-12H,13H2,1H3. The van der Waals surface area contributed by atoms with Crippen LogP contribution in [0.15, 0.2) is 66.7 Å². The first kappa shape index (κ1) is 14.1. The predicted molar refractivity (Wildman–Crippen MR) is 86.1 cm³/mol. The molecule has 0 aromatic heterocycles. The molecular formula is C19H16O3. The summed E-state index contributed by atoms with van der Waals surface area (Å²) in [6.45, 7) is 0.260. The lowest BCUT2D eigenvalue weighted by molar-refractivity contribution is 0.0473. The molecule has 3 heteroatoms. The normalized spacial score (nSPS) is 10.4. The lowest BCUT2D eigenvalue weighted by Gasteiger charge is -2.07. The molecule has 110 valence electrons. The molecule has 3 aromatic carbocycles. The first-order valence-electron chi connectivity index (χ1n) is 7.05. The van der Waals surface area contributed by atoms with Crippen LogP contribution in [0.5, 0.6) is 5.75 Å². The minimum atomic E-state index is -0.337. The van der Waals surface area contributed by atoms with Gasteiger partial charge in [0.2, 0.25) is 0 Å². The van der Waals surface area contributed by atoms with Gasteiger partial charge in [0.05, 0.1) is 12.7 Å². The molecule has 0 atom stereocenters. The van der Waals surface area contributed by atoms with Gasteiger partial charge in [0.1, 0.15) is 12.4 Å². The average molecular weight is 292 g/mol. The Balaban J connectivity index is 1.68. The summed E-state index contributed by atoms with van der Waals surface area (Å²) in [6.07, 6.45) is 0. The zero-order valence-corrected chi connectivity index (χ0v) is 12.3. The second-order valence-corrected chi connectivity index (χ2v) is 4.99. The van der Waals surface area contributed by atoms with E-state index in [9.17, 15) is 4.79 Å². The van der Waals surface area contributed by atoms with Crippen LogP contribution in [0.3, 0.4) is 0 Å². The van der Waals surface area contributed by atoms with E-state index in [4.69, 9.17) is 9.47 Å². The van der Waals surface area contributed by atoms with Crippen LogP contribution in [0.25, 0.3) is 10.8 Å². The molecule has 0 unspecified atom stereocenters. The quantitative estimate of drug-likeness (QED) is 0.676. The summed E-state index contributed by atoms with van der Waals surface area (Å²) in [4.78, 5) is 12.0. The topological polar surface area (TPSA) is 35.5 Å². The Labute approximate surface area is 129 Å². The molecule has 0 saturated heterocycles. The molecule has 0 fully saturated rings. The van der Waals surface area contributed by atoms with Gasteiger partial charge in [0.15, 0.2) is 0 Å². The number of hydrogen-bond donors (Lipinski definition) is 0. The van der Waals surface area contributed by atoms with Crippen molar-refractivity contribution in [2.24, 2.45) is 0 Å². The molecule has 22 heavy (non-hydrogen) atoms. The Kier molecular flexibility index (Phi) is 4.05. The number of benzene rings is 3. The largest absolute Gasteiger partial charge is 0.497 e. The molecule has 0 aliphatic rings. The third-order valence-corrected chi connectivity index (χ3v) is 3.51. The van der Waals surface area contributed by atoms with E-state index in [2.05, 4.69) is 6.07 Å². The number of carbonyl (C=O) groups is 1. The Morgan fingerprint density at radius 1 is 0.909 bits per heavy atom. The SMILES string of the molecule is COc1ccc(C(=O)OCc2ccc3ccccc3c2)cc1. The van der Waals surface area contributed by atoms with E-state index >= 15 is 0 Å². The molecule has 0 saturated carbocycles. The van der Waals surface area contributed by atoms with Gasteiger partial charge in [0.25, 0.3) is 0 Å². The fourth-order valence-corrected chi connectivity index (χ4v) is 2.29. The van der Waals surface area contributed by atoms with Crippen molar-refractivity contribution in [3.8, 4) is 5.75 Å². The van der Waals surface area contributed by atoms with Crippen molar-refractivity contribution in [1.29, 1.82) is 0 Å². The summed E-state index contributed by atoms with van der Waals surface area (Å²) in [5, 5.41) is 2.31. The van der Waals surface area contributed by atoms with E-state index in [1.165, 1.54) is 5.39 Å². The number of ether oxygens (including phenoxy) is 2. The van der Waals surface area contributed by atoms with Crippen LogP contribution < -0.4 is 4.74 Å². The monoisotopic (exact) mass is 292 g/mol. The molecular weight excluding hydrogens is 276 g/mol. The van der Waals surface area contributed by atoms with Crippen molar-refractivity contribution in [1.82, 2.24) is 0 Å². The van der Waals surface area contributed by atoms with Gasteiger partial charge < -0.3 is 9.47 Å². The van der Waals surface area contributed by atoms with Gasteiger partial charge in [0, 0.05) is 0 Å². The van der Waals surface area contributed by atoms with Crippen LogP contribution in [-0.2, 0) is 11.3 Å². The van der Waals surface area contributed by atoms with Gasteiger partial charge in [-0.2, -0.15) is 0 Å². The molecule has 0 spiro atoms. The van der Waals surface area contributed by atoms with Gasteiger partial charge in [-0.05, 0) is 46.7 Å². The minimum Gasteiger partial charge on any atom is -0.497 e. The van der Waals surface area contributed by atoms with Crippen LogP contribution in [0, 0.1) is 0 Å². The highest BCUT2D eigenvalue weighted by molar-refractivity contribution is 5.89. The molecule has 0 bridgehead atoms. The van der Waals surface area contributed by atoms with Crippen LogP contribution in [0.1, 0.15) is 15.9 Å². The first-order chi connectivity index (χ1) is 10.8. The molecule has 0 heterocycles. The van der Waals surface area contributed by atoms with E-state index in [1.54, 1.807) is 31.4 Å². The summed E-state index contributed by atoms with van der Waals surface area (Å²) in [5.74, 6) is 0.377. The lowest BCUT2D eigenvalue weighted by Crippen LogP contribution is -2.05. The fourth-order valence-electron chi connectivity index (χ4n) is 2.29. The Morgan fingerprint density at radius 3 is 2.36 bits per heavy atom. The van der Waals surface area contributed by atoms with Gasteiger partial charge in [-0.15, -0.1) is 0 Å². The molecule has 3 aromatic rings. The smallest absolute Gasteiger partial charge is 0.338 e. The second-order valence-electron chi connectivity index (χ2n) is 4.99. The number of esters is 1. The molecule has 0 aliphatic heterocycles. The predicted octanol–water partition coefficient (Wildman–Crippen LogP) is 4.21. The molecule has 0 N–H and O–H groups in total. The van der Waals surface area contributed by atoms with Crippen molar-refractivity contribution in [3.63, 3.8) is 0 Å². The summed E-state index contributed by atoms with van der Waals surface area (Å²) < 4.78 is 10.4. The van der Waals surface area contributed by atoms with Crippen molar-refractivity contribution in [2.45, 2.75) is 6.61 Å². The summed E-state index contributed by atoms with van der Waals surface area (Å²) in [5.41, 5.74) is 1.49. The van der Waals surface area contributed by atoms with E-state index in [1.807, 2.05) is 36.4 Å². The van der Waals surface area contributed by atoms with Crippen LogP contribution in [-0.4, -0.2) is 13.1 Å². The van der Waals surface area contributed by atoms with Crippen LogP contribution in [0.2, 0.25) is 0 Å². The van der Waals surface area contributed by atoms with Gasteiger partial charge in [-0.25, -0.2) is 4.79 Å². The van der Waals surface area contributed by atoms with E-state index in [0.29, 0.717) is 11.3 Å². The molecule has 3 rings (SSSR count). The Hall–Kier alpha value is -2.81. The maximum atomic E-state index is 12.0. The van der Waals surface area contributed by atoms with Crippen molar-refractivity contribution >= 4 is 16.7 Å². The maximum Gasteiger partial charge on any atom is 0.338 e. The van der Waals surface area contributed by atoms with E-state index in [-0.39, 0.29) is 12.6 Å². The van der Waals surface area contributed by atoms with Crippen molar-refractivity contribution in [2.75, 3.05) is 7.11 Å². The van der Waals surface area contributed by atoms with Crippen LogP contribution in [0.4, 0.5) is 0 Å². The summed E-state index contributed by atoms with van der Waals surface area (Å²) in [6, 6.07) is 21.0. The lowest BCUT2D eigenvalue weighted by atomic mass is 10.1. The number of carbonyl (C=O) groups excluding carboxylic acids is 1. The Morgan fingerprint density at radius 2 is 1.64 bits per heavy atom. The highest BCUT2D eigenvalue weighted by Crippen LogP contribution is 2.17. The van der Waals surface area contributed by atoms with E-state index < -0.39 is 0 Å². The zero-order valence-electron chi connectivity index (χ0n) is 12.3. The summed E-state index contributed by atoms with van der Waals surface area (Å²) >= 11 is 0. The van der Waals surface area contributed by atoms with E-state index in [0.717, 1.165) is 10.9 Å². The highest BCUT2D eigenvalue weighted by atomic mass is 16.5. The van der Waals surface area contributed by atoms with Gasteiger partial charge in [-0.1, -0.05) is 36.4 Å². The average Bonchev–Trinajstić information content (AvgIpc) is 2.59. The van der Waals surface area contributed by atoms with Gasteiger partial charge >= 0.3 is 5.97 Å². The number of hydrogen-bond acceptors (Lipinski definition) is 3. The van der Waals surface area contributed by atoms with Crippen molar-refractivity contribution in [3.05, 3.63) is 77.9 Å². The molecule has 3 nitrogen and oxygen atoms in total. The summed E-state index contributed by atoms with van der Waals surface area (Å²) in [7, 11) is 1.59. The fraction of sp³-hybridized carbons (Fsp3) is 0.105. The maximum absolute atomic E-state index is 12.0. The van der Waals surface area contributed by atoms with Gasteiger partial charge in [-0.3, -0.25) is 0 Å². The Bertz CT molecular complexity index is 791. The third-order valence-electron chi connectivity index (χ3n) is 3.51. The first-order valence-corrected chi connectivity index (χ1v) is 7.05. The minimum absolute atomic E-state index is 0.260.